The first kappa shape index (κ1) is 18.2. The monoisotopic (exact) mass is 387 g/mol. The zero-order chi connectivity index (χ0) is 18.0. The highest BCUT2D eigenvalue weighted by atomic mass is 35.5. The number of carbonyl (C=O) groups excluding carboxylic acids is 1. The predicted octanol–water partition coefficient (Wildman–Crippen LogP) is 2.85. The lowest BCUT2D eigenvalue weighted by Crippen LogP contribution is -2.49. The van der Waals surface area contributed by atoms with Crippen LogP contribution in [0.2, 0.25) is 10.0 Å². The number of carbonyl (C=O) groups is 1. The molecule has 2 fully saturated rings. The lowest BCUT2D eigenvalue weighted by molar-refractivity contribution is 0.105. The molecule has 0 aliphatic carbocycles. The summed E-state index contributed by atoms with van der Waals surface area (Å²) in [5.74, 6) is 1.33. The minimum atomic E-state index is -0.283. The van der Waals surface area contributed by atoms with Crippen LogP contribution >= 0.6 is 23.2 Å². The van der Waals surface area contributed by atoms with Gasteiger partial charge in [0.05, 0.1) is 12.3 Å². The van der Waals surface area contributed by atoms with Gasteiger partial charge in [-0.25, -0.2) is 9.78 Å². The molecule has 0 bridgehead atoms. The molecule has 9 heteroatoms. The number of anilines is 3. The van der Waals surface area contributed by atoms with Gasteiger partial charge in [0.15, 0.2) is 11.6 Å². The summed E-state index contributed by atoms with van der Waals surface area (Å²) in [6.07, 6.45) is 1.96. The van der Waals surface area contributed by atoms with Gasteiger partial charge >= 0.3 is 6.09 Å². The Balaban J connectivity index is 1.79. The highest BCUT2D eigenvalue weighted by Crippen LogP contribution is 2.41. The van der Waals surface area contributed by atoms with Crippen LogP contribution in [0, 0.1) is 0 Å². The third-order valence-corrected chi connectivity index (χ3v) is 5.33. The smallest absolute Gasteiger partial charge is 0.409 e. The standard InChI is InChI=1S/C16H23Cl2N5O2/c1-2-25-16(24)23-9-7-22(8-10-23)15-12(18)13(19)11(17)14(20-15)21-5-3-4-6-21/h2-10H2,1H3,(H2,19,20). The molecule has 2 saturated heterocycles. The van der Waals surface area contributed by atoms with E-state index in [9.17, 15) is 4.79 Å². The summed E-state index contributed by atoms with van der Waals surface area (Å²) in [6.45, 7) is 6.36. The van der Waals surface area contributed by atoms with Crippen molar-refractivity contribution in [1.29, 1.82) is 0 Å². The molecule has 0 saturated carbocycles. The largest absolute Gasteiger partial charge is 0.450 e. The van der Waals surface area contributed by atoms with E-state index in [0.29, 0.717) is 60.2 Å². The maximum Gasteiger partial charge on any atom is 0.409 e. The quantitative estimate of drug-likeness (QED) is 0.859. The van der Waals surface area contributed by atoms with Crippen LogP contribution in [0.1, 0.15) is 19.8 Å². The highest BCUT2D eigenvalue weighted by Gasteiger charge is 2.28. The van der Waals surface area contributed by atoms with Gasteiger partial charge in [0.2, 0.25) is 0 Å². The molecule has 7 nitrogen and oxygen atoms in total. The van der Waals surface area contributed by atoms with Crippen molar-refractivity contribution in [2.24, 2.45) is 0 Å². The number of amides is 1. The van der Waals surface area contributed by atoms with E-state index in [2.05, 4.69) is 4.90 Å². The maximum absolute atomic E-state index is 11.8. The summed E-state index contributed by atoms with van der Waals surface area (Å²) in [6, 6.07) is 0. The molecular weight excluding hydrogens is 365 g/mol. The van der Waals surface area contributed by atoms with E-state index >= 15 is 0 Å². The van der Waals surface area contributed by atoms with Crippen LogP contribution in [0.3, 0.4) is 0 Å². The summed E-state index contributed by atoms with van der Waals surface area (Å²) in [4.78, 5) is 22.4. The molecule has 3 heterocycles. The van der Waals surface area contributed by atoms with Crippen LogP contribution in [0.25, 0.3) is 0 Å². The fourth-order valence-electron chi connectivity index (χ4n) is 3.20. The molecule has 0 unspecified atom stereocenters. The Morgan fingerprint density at radius 3 is 2.08 bits per heavy atom. The zero-order valence-corrected chi connectivity index (χ0v) is 15.8. The molecule has 138 valence electrons. The number of hydrogen-bond donors (Lipinski definition) is 1. The van der Waals surface area contributed by atoms with Gasteiger partial charge in [-0.05, 0) is 19.8 Å². The number of rotatable bonds is 3. The summed E-state index contributed by atoms with van der Waals surface area (Å²) in [7, 11) is 0. The van der Waals surface area contributed by atoms with Crippen LogP contribution in [0.4, 0.5) is 22.1 Å². The molecule has 1 amide bonds. The van der Waals surface area contributed by atoms with Crippen molar-refractivity contribution in [3.63, 3.8) is 0 Å². The van der Waals surface area contributed by atoms with E-state index in [4.69, 9.17) is 38.7 Å². The average molecular weight is 388 g/mol. The fraction of sp³-hybridized carbons (Fsp3) is 0.625. The molecule has 0 radical (unpaired) electrons. The summed E-state index contributed by atoms with van der Waals surface area (Å²) in [5.41, 5.74) is 6.50. The highest BCUT2D eigenvalue weighted by molar-refractivity contribution is 6.41. The molecule has 25 heavy (non-hydrogen) atoms. The minimum absolute atomic E-state index is 0.283. The van der Waals surface area contributed by atoms with Crippen LogP contribution in [0.15, 0.2) is 0 Å². The number of pyridine rings is 1. The van der Waals surface area contributed by atoms with E-state index in [1.165, 1.54) is 0 Å². The Morgan fingerprint density at radius 1 is 1.04 bits per heavy atom. The van der Waals surface area contributed by atoms with Crippen LogP contribution in [0.5, 0.6) is 0 Å². The summed E-state index contributed by atoms with van der Waals surface area (Å²) in [5, 5.41) is 0.790. The van der Waals surface area contributed by atoms with Crippen molar-refractivity contribution in [2.45, 2.75) is 19.8 Å². The van der Waals surface area contributed by atoms with E-state index in [-0.39, 0.29) is 6.09 Å². The number of nitrogens with two attached hydrogens (primary N) is 1. The van der Waals surface area contributed by atoms with Crippen molar-refractivity contribution >= 4 is 46.6 Å². The number of aromatic nitrogens is 1. The third kappa shape index (κ3) is 3.67. The fourth-order valence-corrected chi connectivity index (χ4v) is 3.76. The first-order valence-corrected chi connectivity index (χ1v) is 9.34. The second-order valence-corrected chi connectivity index (χ2v) is 6.92. The normalized spacial score (nSPS) is 18.0. The number of piperazine rings is 1. The molecule has 0 spiro atoms. The molecule has 1 aromatic heterocycles. The summed E-state index contributed by atoms with van der Waals surface area (Å²) < 4.78 is 5.05. The van der Waals surface area contributed by atoms with Gasteiger partial charge in [-0.15, -0.1) is 0 Å². The molecule has 2 aliphatic heterocycles. The van der Waals surface area contributed by atoms with Crippen LogP contribution in [-0.4, -0.2) is 61.9 Å². The van der Waals surface area contributed by atoms with Crippen molar-refractivity contribution < 1.29 is 9.53 Å². The van der Waals surface area contributed by atoms with E-state index < -0.39 is 0 Å². The average Bonchev–Trinajstić information content (AvgIpc) is 3.15. The lowest BCUT2D eigenvalue weighted by Gasteiger charge is -2.35. The molecule has 0 atom stereocenters. The van der Waals surface area contributed by atoms with Gasteiger partial charge in [-0.1, -0.05) is 23.2 Å². The first-order valence-electron chi connectivity index (χ1n) is 8.59. The molecule has 0 aromatic carbocycles. The molecule has 3 rings (SSSR count). The van der Waals surface area contributed by atoms with Gasteiger partial charge in [0, 0.05) is 39.3 Å². The first-order chi connectivity index (χ1) is 12.0. The van der Waals surface area contributed by atoms with Crippen LogP contribution in [-0.2, 0) is 4.74 Å². The topological polar surface area (TPSA) is 74.9 Å². The van der Waals surface area contributed by atoms with Gasteiger partial charge in [0.1, 0.15) is 10.0 Å². The molecule has 2 aliphatic rings. The SMILES string of the molecule is CCOC(=O)N1CCN(c2nc(N3CCCC3)c(Cl)c(N)c2Cl)CC1. The van der Waals surface area contributed by atoms with Gasteiger partial charge in [0.25, 0.3) is 0 Å². The van der Waals surface area contributed by atoms with Gasteiger partial charge in [-0.3, -0.25) is 0 Å². The lowest BCUT2D eigenvalue weighted by atomic mass is 10.3. The Hall–Kier alpha value is -1.60. The zero-order valence-electron chi connectivity index (χ0n) is 14.3. The van der Waals surface area contributed by atoms with Crippen molar-refractivity contribution in [2.75, 3.05) is 61.4 Å². The van der Waals surface area contributed by atoms with Gasteiger partial charge in [-0.2, -0.15) is 0 Å². The van der Waals surface area contributed by atoms with E-state index in [0.717, 1.165) is 25.9 Å². The van der Waals surface area contributed by atoms with Gasteiger partial charge < -0.3 is 25.2 Å². The molecular formula is C16H23Cl2N5O2. The number of nitrogen functional groups attached to an aromatic ring is 1. The Morgan fingerprint density at radius 2 is 1.56 bits per heavy atom. The maximum atomic E-state index is 11.8. The predicted molar refractivity (Wildman–Crippen MR) is 101 cm³/mol. The molecule has 1 aromatic rings. The second-order valence-electron chi connectivity index (χ2n) is 6.17. The van der Waals surface area contributed by atoms with Crippen molar-refractivity contribution in [1.82, 2.24) is 9.88 Å². The minimum Gasteiger partial charge on any atom is -0.450 e. The Kier molecular flexibility index (Phi) is 5.64. The number of nitrogens with zero attached hydrogens (tertiary/aromatic N) is 4. The van der Waals surface area contributed by atoms with Crippen molar-refractivity contribution in [3.8, 4) is 0 Å². The second kappa shape index (κ2) is 7.74. The number of ether oxygens (including phenoxy) is 1. The number of hydrogen-bond acceptors (Lipinski definition) is 6. The van der Waals surface area contributed by atoms with E-state index in [1.54, 1.807) is 11.8 Å². The van der Waals surface area contributed by atoms with E-state index in [1.807, 2.05) is 4.90 Å². The summed E-state index contributed by atoms with van der Waals surface area (Å²) >= 11 is 12.8. The third-order valence-electron chi connectivity index (χ3n) is 4.59. The van der Waals surface area contributed by atoms with Crippen molar-refractivity contribution in [3.05, 3.63) is 10.0 Å². The molecule has 2 N–H and O–H groups in total. The number of halogens is 2. The Bertz CT molecular complexity index is 644. The van der Waals surface area contributed by atoms with Crippen LogP contribution < -0.4 is 15.5 Å². The Labute approximate surface area is 157 Å².